The molecule has 0 saturated carbocycles. The quantitative estimate of drug-likeness (QED) is 0.502. The minimum absolute atomic E-state index is 0.0569. The maximum absolute atomic E-state index is 13.2. The van der Waals surface area contributed by atoms with E-state index in [1.165, 1.54) is 41.3 Å². The van der Waals surface area contributed by atoms with Crippen molar-refractivity contribution in [2.45, 2.75) is 15.9 Å². The summed E-state index contributed by atoms with van der Waals surface area (Å²) in [5, 5.41) is 1.65. The molecule has 2 heterocycles. The molecule has 3 aromatic rings. The number of hydrogen-bond acceptors (Lipinski definition) is 6. The molecule has 0 radical (unpaired) electrons. The number of nitrogens with one attached hydrogen (secondary N) is 1. The first kappa shape index (κ1) is 23.4. The zero-order chi connectivity index (χ0) is 23.6. The molecule has 2 amide bonds. The molecule has 0 aliphatic carbocycles. The zero-order valence-electron chi connectivity index (χ0n) is 16.6. The van der Waals surface area contributed by atoms with Crippen LogP contribution < -0.4 is 10.2 Å². The second-order valence-corrected chi connectivity index (χ2v) is 11.5. The lowest BCUT2D eigenvalue weighted by molar-refractivity contribution is -0.121. The van der Waals surface area contributed by atoms with Crippen molar-refractivity contribution in [3.05, 3.63) is 76.9 Å². The number of anilines is 2. The summed E-state index contributed by atoms with van der Waals surface area (Å²) in [7, 11) is -4.12. The van der Waals surface area contributed by atoms with Gasteiger partial charge in [-0.25, -0.2) is 4.39 Å². The maximum atomic E-state index is 13.2. The first-order valence-electron chi connectivity index (χ1n) is 9.44. The van der Waals surface area contributed by atoms with Crippen LogP contribution in [0.25, 0.3) is 0 Å². The molecule has 2 aromatic carbocycles. The van der Waals surface area contributed by atoms with Gasteiger partial charge in [0.1, 0.15) is 15.3 Å². The maximum Gasteiger partial charge on any atom is 0.294 e. The van der Waals surface area contributed by atoms with Crippen molar-refractivity contribution in [2.75, 3.05) is 10.2 Å². The number of para-hydroxylation sites is 1. The van der Waals surface area contributed by atoms with E-state index >= 15 is 0 Å². The van der Waals surface area contributed by atoms with Gasteiger partial charge in [0, 0.05) is 12.1 Å². The first-order valence-corrected chi connectivity index (χ1v) is 13.0. The molecule has 33 heavy (non-hydrogen) atoms. The third-order valence-corrected chi connectivity index (χ3v) is 8.67. The summed E-state index contributed by atoms with van der Waals surface area (Å²) in [4.78, 5) is 26.8. The molecule has 0 unspecified atom stereocenters. The topological polar surface area (TPSA) is 95.9 Å². The molecule has 0 bridgehead atoms. The summed E-state index contributed by atoms with van der Waals surface area (Å²) in [5.74, 6) is -1.39. The Morgan fingerprint density at radius 2 is 1.79 bits per heavy atom. The number of amides is 2. The van der Waals surface area contributed by atoms with Gasteiger partial charge in [0.25, 0.3) is 10.0 Å². The Labute approximate surface area is 202 Å². The van der Waals surface area contributed by atoms with Crippen molar-refractivity contribution in [1.82, 2.24) is 0 Å². The number of benzene rings is 2. The minimum Gasteiger partial charge on any atom is -0.326 e. The van der Waals surface area contributed by atoms with Crippen LogP contribution in [-0.4, -0.2) is 30.6 Å². The molecule has 170 valence electrons. The SMILES string of the molecule is O=C(C[C@@H]1SC(=NS(=O)(=O)c2ccc(Cl)s2)N(c2ccccc2)C1=O)Nc1ccc(F)cc1. The summed E-state index contributed by atoms with van der Waals surface area (Å²) >= 11 is 7.60. The molecule has 1 aromatic heterocycles. The highest BCUT2D eigenvalue weighted by molar-refractivity contribution is 8.16. The number of carbonyl (C=O) groups excluding carboxylic acids is 2. The summed E-state index contributed by atoms with van der Waals surface area (Å²) in [6, 6.07) is 16.4. The lowest BCUT2D eigenvalue weighted by Gasteiger charge is -2.16. The Bertz CT molecular complexity index is 1330. The van der Waals surface area contributed by atoms with Crippen molar-refractivity contribution >= 4 is 73.1 Å². The van der Waals surface area contributed by atoms with E-state index < -0.39 is 32.9 Å². The average molecular weight is 524 g/mol. The summed E-state index contributed by atoms with van der Waals surface area (Å²) < 4.78 is 42.8. The number of amidine groups is 1. The fourth-order valence-electron chi connectivity index (χ4n) is 2.97. The van der Waals surface area contributed by atoms with E-state index in [4.69, 9.17) is 11.6 Å². The van der Waals surface area contributed by atoms with Crippen molar-refractivity contribution in [1.29, 1.82) is 0 Å². The Hall–Kier alpha value is -2.73. The van der Waals surface area contributed by atoms with Crippen LogP contribution in [-0.2, 0) is 19.6 Å². The fourth-order valence-corrected chi connectivity index (χ4v) is 6.77. The van der Waals surface area contributed by atoms with Gasteiger partial charge in [-0.3, -0.25) is 14.5 Å². The number of nitrogens with zero attached hydrogens (tertiary/aromatic N) is 2. The van der Waals surface area contributed by atoms with Gasteiger partial charge in [0.15, 0.2) is 5.17 Å². The summed E-state index contributed by atoms with van der Waals surface area (Å²) in [6.07, 6.45) is -0.228. The Kier molecular flexibility index (Phi) is 6.84. The van der Waals surface area contributed by atoms with Gasteiger partial charge >= 0.3 is 0 Å². The Balaban J connectivity index is 1.61. The predicted molar refractivity (Wildman–Crippen MR) is 129 cm³/mol. The zero-order valence-corrected chi connectivity index (χ0v) is 19.8. The number of hydrogen-bond donors (Lipinski definition) is 1. The molecule has 4 rings (SSSR count). The molecule has 12 heteroatoms. The van der Waals surface area contributed by atoms with E-state index in [-0.39, 0.29) is 15.8 Å². The molecule has 1 fully saturated rings. The number of carbonyl (C=O) groups is 2. The van der Waals surface area contributed by atoms with Gasteiger partial charge < -0.3 is 5.32 Å². The van der Waals surface area contributed by atoms with Crippen LogP contribution in [0.3, 0.4) is 0 Å². The number of thioether (sulfide) groups is 1. The van der Waals surface area contributed by atoms with Gasteiger partial charge in [0.05, 0.1) is 10.0 Å². The largest absolute Gasteiger partial charge is 0.326 e. The molecule has 0 spiro atoms. The van der Waals surface area contributed by atoms with Crippen LogP contribution in [0.5, 0.6) is 0 Å². The number of halogens is 2. The van der Waals surface area contributed by atoms with E-state index in [2.05, 4.69) is 9.71 Å². The van der Waals surface area contributed by atoms with Gasteiger partial charge in [-0.15, -0.1) is 15.7 Å². The molecule has 1 atom stereocenters. The van der Waals surface area contributed by atoms with Crippen molar-refractivity contribution in [3.8, 4) is 0 Å². The van der Waals surface area contributed by atoms with E-state index in [0.717, 1.165) is 23.1 Å². The lowest BCUT2D eigenvalue weighted by Crippen LogP contribution is -2.33. The van der Waals surface area contributed by atoms with Crippen molar-refractivity contribution in [3.63, 3.8) is 0 Å². The smallest absolute Gasteiger partial charge is 0.294 e. The highest BCUT2D eigenvalue weighted by atomic mass is 35.5. The van der Waals surface area contributed by atoms with E-state index in [9.17, 15) is 22.4 Å². The van der Waals surface area contributed by atoms with Crippen LogP contribution in [0.15, 0.2) is 75.3 Å². The highest BCUT2D eigenvalue weighted by Crippen LogP contribution is 2.36. The third kappa shape index (κ3) is 5.44. The molecule has 1 saturated heterocycles. The molecule has 1 aliphatic heterocycles. The fraction of sp³-hybridized carbons (Fsp3) is 0.0952. The monoisotopic (exact) mass is 523 g/mol. The molecule has 1 N–H and O–H groups in total. The van der Waals surface area contributed by atoms with Crippen LogP contribution in [0.4, 0.5) is 15.8 Å². The number of sulfonamides is 1. The van der Waals surface area contributed by atoms with Crippen molar-refractivity contribution < 1.29 is 22.4 Å². The number of thiophene rings is 1. The van der Waals surface area contributed by atoms with E-state index in [0.29, 0.717) is 15.7 Å². The molecule has 7 nitrogen and oxygen atoms in total. The molecular formula is C21H15ClFN3O4S3. The van der Waals surface area contributed by atoms with Gasteiger partial charge in [-0.2, -0.15) is 8.42 Å². The Morgan fingerprint density at radius 1 is 1.09 bits per heavy atom. The highest BCUT2D eigenvalue weighted by Gasteiger charge is 2.41. The van der Waals surface area contributed by atoms with Crippen LogP contribution in [0.1, 0.15) is 6.42 Å². The minimum atomic E-state index is -4.12. The predicted octanol–water partition coefficient (Wildman–Crippen LogP) is 4.76. The van der Waals surface area contributed by atoms with Gasteiger partial charge in [-0.1, -0.05) is 41.6 Å². The second kappa shape index (κ2) is 9.64. The first-order chi connectivity index (χ1) is 15.7. The average Bonchev–Trinajstić information content (AvgIpc) is 3.34. The summed E-state index contributed by atoms with van der Waals surface area (Å²) in [6.45, 7) is 0. The van der Waals surface area contributed by atoms with E-state index in [1.807, 2.05) is 0 Å². The van der Waals surface area contributed by atoms with Gasteiger partial charge in [-0.05, 0) is 48.5 Å². The third-order valence-electron chi connectivity index (χ3n) is 4.45. The van der Waals surface area contributed by atoms with Crippen LogP contribution >= 0.6 is 34.7 Å². The van der Waals surface area contributed by atoms with Crippen LogP contribution in [0, 0.1) is 5.82 Å². The molecule has 1 aliphatic rings. The standard InChI is InChI=1S/C21H15ClFN3O4S3/c22-17-10-11-19(32-17)33(29,30)25-21-26(15-4-2-1-3-5-15)20(28)16(31-21)12-18(27)24-14-8-6-13(23)7-9-14/h1-11,16H,12H2,(H,24,27)/t16-/m0/s1. The van der Waals surface area contributed by atoms with Crippen LogP contribution in [0.2, 0.25) is 4.34 Å². The molecular weight excluding hydrogens is 509 g/mol. The summed E-state index contributed by atoms with van der Waals surface area (Å²) in [5.41, 5.74) is 0.803. The Morgan fingerprint density at radius 3 is 2.42 bits per heavy atom. The van der Waals surface area contributed by atoms with Gasteiger partial charge in [0.2, 0.25) is 11.8 Å². The normalized spacial score (nSPS) is 17.5. The number of rotatable bonds is 6. The second-order valence-electron chi connectivity index (χ2n) is 6.78. The lowest BCUT2D eigenvalue weighted by atomic mass is 10.2. The van der Waals surface area contributed by atoms with Crippen molar-refractivity contribution in [2.24, 2.45) is 4.40 Å². The van der Waals surface area contributed by atoms with E-state index in [1.54, 1.807) is 30.3 Å².